The van der Waals surface area contributed by atoms with Crippen molar-refractivity contribution in [3.63, 3.8) is 0 Å². The number of rotatable bonds is 8. The van der Waals surface area contributed by atoms with Crippen molar-refractivity contribution < 1.29 is 34.5 Å². The largest absolute Gasteiger partial charge is 0.495 e. The molecular weight excluding hydrogens is 552 g/mol. The number of amides is 1. The summed E-state index contributed by atoms with van der Waals surface area (Å²) in [7, 11) is 3.80. The molecule has 226 valence electrons. The number of ether oxygens (including phenoxy) is 1. The second kappa shape index (κ2) is 15.2. The number of carbonyl (C=O) groups is 3. The van der Waals surface area contributed by atoms with E-state index < -0.39 is 11.9 Å². The van der Waals surface area contributed by atoms with Gasteiger partial charge in [0.25, 0.3) is 5.91 Å². The maximum absolute atomic E-state index is 13.1. The van der Waals surface area contributed by atoms with E-state index in [1.54, 1.807) is 14.0 Å². The molecule has 0 atom stereocenters. The quantitative estimate of drug-likeness (QED) is 0.128. The summed E-state index contributed by atoms with van der Waals surface area (Å²) in [6.45, 7) is 7.56. The van der Waals surface area contributed by atoms with Gasteiger partial charge in [-0.1, -0.05) is 35.5 Å². The van der Waals surface area contributed by atoms with Crippen LogP contribution < -0.4 is 15.0 Å². The number of piperazine rings is 1. The van der Waals surface area contributed by atoms with Gasteiger partial charge in [0.15, 0.2) is 0 Å². The Morgan fingerprint density at radius 1 is 0.884 bits per heavy atom. The fourth-order valence-corrected chi connectivity index (χ4v) is 4.49. The number of carboxylic acids is 2. The number of hydrogen-bond donors (Lipinski definition) is 4. The van der Waals surface area contributed by atoms with E-state index in [0.29, 0.717) is 23.4 Å². The first kappa shape index (κ1) is 32.4. The highest BCUT2D eigenvalue weighted by molar-refractivity contribution is 6.05. The second-order valence-corrected chi connectivity index (χ2v) is 9.93. The number of carboxylic acid groups (broad SMARTS) is 2. The number of anilines is 2. The summed E-state index contributed by atoms with van der Waals surface area (Å²) >= 11 is 0. The topological polar surface area (TPSA) is 152 Å². The molecular formula is C32H36N4O7. The molecule has 1 heterocycles. The minimum Gasteiger partial charge on any atom is -0.495 e. The van der Waals surface area contributed by atoms with Gasteiger partial charge >= 0.3 is 11.9 Å². The Morgan fingerprint density at radius 3 is 2.02 bits per heavy atom. The summed E-state index contributed by atoms with van der Waals surface area (Å²) in [6, 6.07) is 19.3. The van der Waals surface area contributed by atoms with E-state index in [2.05, 4.69) is 27.3 Å². The lowest BCUT2D eigenvalue weighted by Crippen LogP contribution is -2.44. The van der Waals surface area contributed by atoms with Gasteiger partial charge in [-0.2, -0.15) is 0 Å². The molecule has 0 radical (unpaired) electrons. The minimum atomic E-state index is -1.26. The van der Waals surface area contributed by atoms with Gasteiger partial charge in [-0.25, -0.2) is 9.59 Å². The Bertz CT molecular complexity index is 1490. The average Bonchev–Trinajstić information content (AvgIpc) is 3.00. The highest BCUT2D eigenvalue weighted by Gasteiger charge is 2.19. The minimum absolute atomic E-state index is 0.153. The molecule has 1 saturated heterocycles. The van der Waals surface area contributed by atoms with Crippen molar-refractivity contribution in [3.8, 4) is 16.9 Å². The van der Waals surface area contributed by atoms with Crippen LogP contribution in [0.25, 0.3) is 11.1 Å². The van der Waals surface area contributed by atoms with Crippen molar-refractivity contribution in [3.05, 3.63) is 89.5 Å². The van der Waals surface area contributed by atoms with Crippen molar-refractivity contribution in [2.75, 3.05) is 50.6 Å². The lowest BCUT2D eigenvalue weighted by molar-refractivity contribution is -0.134. The van der Waals surface area contributed by atoms with E-state index >= 15 is 0 Å². The van der Waals surface area contributed by atoms with Crippen LogP contribution in [0.4, 0.5) is 11.4 Å². The Morgan fingerprint density at radius 2 is 1.49 bits per heavy atom. The van der Waals surface area contributed by atoms with Crippen molar-refractivity contribution in [2.45, 2.75) is 13.8 Å². The molecule has 43 heavy (non-hydrogen) atoms. The van der Waals surface area contributed by atoms with Crippen LogP contribution in [0, 0.1) is 6.92 Å². The van der Waals surface area contributed by atoms with Crippen LogP contribution in [0.15, 0.2) is 78.0 Å². The number of benzene rings is 3. The number of methoxy groups -OCH3 is 1. The van der Waals surface area contributed by atoms with Crippen molar-refractivity contribution >= 4 is 34.9 Å². The molecule has 3 aromatic carbocycles. The van der Waals surface area contributed by atoms with Gasteiger partial charge in [-0.3, -0.25) is 4.79 Å². The van der Waals surface area contributed by atoms with Gasteiger partial charge in [0.1, 0.15) is 5.75 Å². The van der Waals surface area contributed by atoms with E-state index in [0.717, 1.165) is 65.6 Å². The number of oxime groups is 1. The van der Waals surface area contributed by atoms with Crippen LogP contribution in [-0.2, 0) is 9.59 Å². The lowest BCUT2D eigenvalue weighted by Gasteiger charge is -2.35. The summed E-state index contributed by atoms with van der Waals surface area (Å²) in [5.74, 6) is -1.86. The lowest BCUT2D eigenvalue weighted by atomic mass is 9.97. The SMILES string of the molecule is COc1ccc(NC(=O)c2ccc(-c3ccc(C(C)=NO)cc3)c(C)c2)cc1N1CCN(C)CC1.O=C(O)C=CC(=O)O. The number of likely N-dealkylation sites (N-methyl/N-ethyl adjacent to an activating group) is 1. The van der Waals surface area contributed by atoms with E-state index in [9.17, 15) is 14.4 Å². The number of aryl methyl sites for hydroxylation is 1. The van der Waals surface area contributed by atoms with E-state index in [1.165, 1.54) is 0 Å². The second-order valence-electron chi connectivity index (χ2n) is 9.93. The molecule has 1 fully saturated rings. The Hall–Kier alpha value is -5.16. The normalized spacial score (nSPS) is 13.7. The number of nitrogens with zero attached hydrogens (tertiary/aromatic N) is 3. The summed E-state index contributed by atoms with van der Waals surface area (Å²) in [4.78, 5) is 36.8. The molecule has 3 aromatic rings. The smallest absolute Gasteiger partial charge is 0.328 e. The Labute approximate surface area is 250 Å². The molecule has 0 aliphatic carbocycles. The van der Waals surface area contributed by atoms with Crippen LogP contribution in [0.3, 0.4) is 0 Å². The maximum atomic E-state index is 13.1. The van der Waals surface area contributed by atoms with Gasteiger partial charge < -0.3 is 35.3 Å². The van der Waals surface area contributed by atoms with Crippen molar-refractivity contribution in [1.29, 1.82) is 0 Å². The zero-order valence-electron chi connectivity index (χ0n) is 24.6. The Kier molecular flexibility index (Phi) is 11.4. The Balaban J connectivity index is 0.000000557. The summed E-state index contributed by atoms with van der Waals surface area (Å²) in [5, 5.41) is 30.9. The molecule has 1 amide bonds. The molecule has 11 nitrogen and oxygen atoms in total. The number of carbonyl (C=O) groups excluding carboxylic acids is 1. The average molecular weight is 589 g/mol. The summed E-state index contributed by atoms with van der Waals surface area (Å²) in [6.07, 6.45) is 1.12. The first-order chi connectivity index (χ1) is 20.5. The predicted molar refractivity (Wildman–Crippen MR) is 166 cm³/mol. The molecule has 0 spiro atoms. The number of aliphatic carboxylic acids is 2. The van der Waals surface area contributed by atoms with Gasteiger partial charge in [-0.15, -0.1) is 0 Å². The van der Waals surface area contributed by atoms with E-state index in [-0.39, 0.29) is 5.91 Å². The maximum Gasteiger partial charge on any atom is 0.328 e. The third-order valence-corrected chi connectivity index (χ3v) is 6.90. The number of hydrogen-bond acceptors (Lipinski definition) is 8. The fourth-order valence-electron chi connectivity index (χ4n) is 4.49. The van der Waals surface area contributed by atoms with Gasteiger partial charge in [0.2, 0.25) is 0 Å². The highest BCUT2D eigenvalue weighted by Crippen LogP contribution is 2.32. The van der Waals surface area contributed by atoms with E-state index in [1.807, 2.05) is 67.6 Å². The molecule has 1 aliphatic heterocycles. The summed E-state index contributed by atoms with van der Waals surface area (Å²) < 4.78 is 5.58. The zero-order chi connectivity index (χ0) is 31.5. The third-order valence-electron chi connectivity index (χ3n) is 6.90. The van der Waals surface area contributed by atoms with Crippen LogP contribution in [0.5, 0.6) is 5.75 Å². The molecule has 0 aromatic heterocycles. The molecule has 4 rings (SSSR count). The molecule has 11 heteroatoms. The standard InChI is InChI=1S/C28H32N4O3.C4H4O4/c1-19-17-23(9-11-25(19)22-7-5-21(6-8-22)20(2)30-34)28(33)29-24-10-12-27(35-4)26(18-24)32-15-13-31(3)14-16-32;5-3(6)1-2-4(7)8/h5-12,17-18,34H,13-16H2,1-4H3,(H,29,33);1-2H,(H,5,6)(H,7,8). The first-order valence-electron chi connectivity index (χ1n) is 13.5. The first-order valence-corrected chi connectivity index (χ1v) is 13.5. The fraction of sp³-hybridized carbons (Fsp3) is 0.250. The van der Waals surface area contributed by atoms with Gasteiger partial charge in [0, 0.05) is 49.6 Å². The summed E-state index contributed by atoms with van der Waals surface area (Å²) in [5.41, 5.74) is 6.85. The predicted octanol–water partition coefficient (Wildman–Crippen LogP) is 4.58. The molecule has 1 aliphatic rings. The third kappa shape index (κ3) is 9.17. The molecule has 0 unspecified atom stereocenters. The molecule has 0 saturated carbocycles. The molecule has 0 bridgehead atoms. The number of nitrogens with one attached hydrogen (secondary N) is 1. The van der Waals surface area contributed by atoms with Crippen molar-refractivity contribution in [2.24, 2.45) is 5.16 Å². The van der Waals surface area contributed by atoms with Crippen LogP contribution in [0.1, 0.15) is 28.4 Å². The van der Waals surface area contributed by atoms with E-state index in [4.69, 9.17) is 20.2 Å². The highest BCUT2D eigenvalue weighted by atomic mass is 16.5. The monoisotopic (exact) mass is 588 g/mol. The van der Waals surface area contributed by atoms with Crippen LogP contribution in [0.2, 0.25) is 0 Å². The van der Waals surface area contributed by atoms with Crippen molar-refractivity contribution in [1.82, 2.24) is 4.90 Å². The zero-order valence-corrected chi connectivity index (χ0v) is 24.6. The van der Waals surface area contributed by atoms with Crippen LogP contribution in [-0.4, -0.2) is 84.2 Å². The van der Waals surface area contributed by atoms with Gasteiger partial charge in [-0.05, 0) is 73.5 Å². The van der Waals surface area contributed by atoms with Gasteiger partial charge in [0.05, 0.1) is 18.5 Å². The molecule has 4 N–H and O–H groups in total. The van der Waals surface area contributed by atoms with Crippen LogP contribution >= 0.6 is 0 Å².